The second kappa shape index (κ2) is 4.79. The van der Waals surface area contributed by atoms with Gasteiger partial charge in [0.1, 0.15) is 0 Å². The van der Waals surface area contributed by atoms with Crippen molar-refractivity contribution >= 4 is 23.1 Å². The third-order valence-electron chi connectivity index (χ3n) is 2.81. The molecule has 0 saturated carbocycles. The molecule has 1 aromatic rings. The van der Waals surface area contributed by atoms with Gasteiger partial charge in [-0.2, -0.15) is 11.8 Å². The van der Waals surface area contributed by atoms with Crippen molar-refractivity contribution in [2.75, 3.05) is 22.6 Å². The van der Waals surface area contributed by atoms with Gasteiger partial charge < -0.3 is 11.1 Å². The van der Waals surface area contributed by atoms with Gasteiger partial charge in [0.15, 0.2) is 0 Å². The Morgan fingerprint density at radius 2 is 2.33 bits per heavy atom. The number of nitrogen functional groups attached to an aromatic ring is 1. The summed E-state index contributed by atoms with van der Waals surface area (Å²) in [4.78, 5) is 0. The van der Waals surface area contributed by atoms with E-state index in [9.17, 15) is 0 Å². The molecule has 1 unspecified atom stereocenters. The molecule has 3 N–H and O–H groups in total. The van der Waals surface area contributed by atoms with E-state index >= 15 is 0 Å². The fourth-order valence-electron chi connectivity index (χ4n) is 1.95. The molecule has 0 amide bonds. The molecular weight excluding hydrogens is 204 g/mol. The Balaban J connectivity index is 2.09. The zero-order valence-electron chi connectivity index (χ0n) is 9.12. The van der Waals surface area contributed by atoms with Crippen molar-refractivity contribution in [2.24, 2.45) is 0 Å². The molecule has 2 rings (SSSR count). The van der Waals surface area contributed by atoms with Crippen molar-refractivity contribution in [1.82, 2.24) is 0 Å². The number of hydrogen-bond acceptors (Lipinski definition) is 3. The van der Waals surface area contributed by atoms with Gasteiger partial charge in [-0.25, -0.2) is 0 Å². The molecular formula is C12H18N2S. The van der Waals surface area contributed by atoms with Crippen molar-refractivity contribution in [2.45, 2.75) is 25.8 Å². The highest BCUT2D eigenvalue weighted by atomic mass is 32.2. The standard InChI is InChI=1S/C12H18N2S/c1-9-4-2-6-11(13)12(9)14-10-5-3-7-15-8-10/h2,4,6,10,14H,3,5,7-8,13H2,1H3. The minimum atomic E-state index is 0.590. The van der Waals surface area contributed by atoms with Crippen LogP contribution in [0.25, 0.3) is 0 Å². The van der Waals surface area contributed by atoms with Crippen LogP contribution >= 0.6 is 11.8 Å². The Morgan fingerprint density at radius 3 is 3.00 bits per heavy atom. The number of thioether (sulfide) groups is 1. The van der Waals surface area contributed by atoms with E-state index in [2.05, 4.69) is 18.3 Å². The Morgan fingerprint density at radius 1 is 1.47 bits per heavy atom. The van der Waals surface area contributed by atoms with E-state index in [1.54, 1.807) is 0 Å². The van der Waals surface area contributed by atoms with Crippen molar-refractivity contribution in [3.8, 4) is 0 Å². The summed E-state index contributed by atoms with van der Waals surface area (Å²) in [6.45, 7) is 2.11. The average molecular weight is 222 g/mol. The first-order valence-corrected chi connectivity index (χ1v) is 6.62. The number of nitrogens with two attached hydrogens (primary N) is 1. The van der Waals surface area contributed by atoms with Crippen LogP contribution in [0.1, 0.15) is 18.4 Å². The van der Waals surface area contributed by atoms with Gasteiger partial charge in [0.05, 0.1) is 11.4 Å². The molecule has 1 atom stereocenters. The molecule has 1 aromatic carbocycles. The van der Waals surface area contributed by atoms with Gasteiger partial charge in [0.25, 0.3) is 0 Å². The van der Waals surface area contributed by atoms with Crippen molar-refractivity contribution in [3.63, 3.8) is 0 Å². The van der Waals surface area contributed by atoms with Crippen molar-refractivity contribution < 1.29 is 0 Å². The second-order valence-corrected chi connectivity index (χ2v) is 5.25. The Bertz CT molecular complexity index is 312. The minimum absolute atomic E-state index is 0.590. The zero-order chi connectivity index (χ0) is 10.7. The number of rotatable bonds is 2. The van der Waals surface area contributed by atoms with E-state index in [4.69, 9.17) is 5.73 Å². The number of hydrogen-bond donors (Lipinski definition) is 2. The lowest BCUT2D eigenvalue weighted by molar-refractivity contribution is 0.685. The normalized spacial score (nSPS) is 21.3. The third-order valence-corrected chi connectivity index (χ3v) is 4.03. The number of para-hydroxylation sites is 1. The lowest BCUT2D eigenvalue weighted by atomic mass is 10.1. The van der Waals surface area contributed by atoms with Crippen molar-refractivity contribution in [3.05, 3.63) is 23.8 Å². The van der Waals surface area contributed by atoms with Crippen LogP contribution in [0.15, 0.2) is 18.2 Å². The van der Waals surface area contributed by atoms with Gasteiger partial charge in [-0.1, -0.05) is 12.1 Å². The maximum Gasteiger partial charge on any atom is 0.0606 e. The average Bonchev–Trinajstić information content (AvgIpc) is 2.25. The van der Waals surface area contributed by atoms with Gasteiger partial charge in [-0.05, 0) is 37.1 Å². The van der Waals surface area contributed by atoms with Crippen LogP contribution < -0.4 is 11.1 Å². The first-order chi connectivity index (χ1) is 7.27. The molecule has 1 heterocycles. The summed E-state index contributed by atoms with van der Waals surface area (Å²) < 4.78 is 0. The molecule has 1 aliphatic rings. The highest BCUT2D eigenvalue weighted by molar-refractivity contribution is 7.99. The topological polar surface area (TPSA) is 38.0 Å². The molecule has 0 radical (unpaired) electrons. The maximum atomic E-state index is 5.97. The van der Waals surface area contributed by atoms with Crippen LogP contribution in [-0.2, 0) is 0 Å². The summed E-state index contributed by atoms with van der Waals surface area (Å²) in [6, 6.07) is 6.66. The van der Waals surface area contributed by atoms with Crippen LogP contribution in [0.5, 0.6) is 0 Å². The number of nitrogens with one attached hydrogen (secondary N) is 1. The summed E-state index contributed by atoms with van der Waals surface area (Å²) in [5, 5.41) is 3.57. The van der Waals surface area contributed by atoms with Gasteiger partial charge in [-0.15, -0.1) is 0 Å². The molecule has 3 heteroatoms. The SMILES string of the molecule is Cc1cccc(N)c1NC1CCCSC1. The van der Waals surface area contributed by atoms with Gasteiger partial charge in [0, 0.05) is 11.8 Å². The summed E-state index contributed by atoms with van der Waals surface area (Å²) in [5.74, 6) is 2.51. The smallest absolute Gasteiger partial charge is 0.0606 e. The number of aryl methyl sites for hydroxylation is 1. The summed E-state index contributed by atoms with van der Waals surface area (Å²) in [5.41, 5.74) is 9.21. The lowest BCUT2D eigenvalue weighted by Crippen LogP contribution is -2.26. The van der Waals surface area contributed by atoms with Crippen LogP contribution in [0.3, 0.4) is 0 Å². The molecule has 0 aromatic heterocycles. The molecule has 1 aliphatic heterocycles. The summed E-state index contributed by atoms with van der Waals surface area (Å²) >= 11 is 2.03. The highest BCUT2D eigenvalue weighted by Crippen LogP contribution is 2.27. The van der Waals surface area contributed by atoms with E-state index in [-0.39, 0.29) is 0 Å². The molecule has 82 valence electrons. The molecule has 2 nitrogen and oxygen atoms in total. The largest absolute Gasteiger partial charge is 0.397 e. The third kappa shape index (κ3) is 2.59. The van der Waals surface area contributed by atoms with E-state index < -0.39 is 0 Å². The predicted octanol–water partition coefficient (Wildman–Crippen LogP) is 2.88. The van der Waals surface area contributed by atoms with Gasteiger partial charge in [0.2, 0.25) is 0 Å². The van der Waals surface area contributed by atoms with Gasteiger partial charge in [-0.3, -0.25) is 0 Å². The fourth-order valence-corrected chi connectivity index (χ4v) is 3.02. The second-order valence-electron chi connectivity index (χ2n) is 4.10. The monoisotopic (exact) mass is 222 g/mol. The summed E-state index contributed by atoms with van der Waals surface area (Å²) in [6.07, 6.45) is 2.58. The maximum absolute atomic E-state index is 5.97. The molecule has 15 heavy (non-hydrogen) atoms. The molecule has 0 spiro atoms. The summed E-state index contributed by atoms with van der Waals surface area (Å²) in [7, 11) is 0. The van der Waals surface area contributed by atoms with Crippen LogP contribution in [0.2, 0.25) is 0 Å². The lowest BCUT2D eigenvalue weighted by Gasteiger charge is -2.25. The van der Waals surface area contributed by atoms with Crippen molar-refractivity contribution in [1.29, 1.82) is 0 Å². The van der Waals surface area contributed by atoms with E-state index in [1.165, 1.54) is 29.9 Å². The predicted molar refractivity (Wildman–Crippen MR) is 69.6 cm³/mol. The number of anilines is 2. The van der Waals surface area contributed by atoms with Crippen LogP contribution in [-0.4, -0.2) is 17.5 Å². The number of benzene rings is 1. The molecule has 0 aliphatic carbocycles. The van der Waals surface area contributed by atoms with Gasteiger partial charge >= 0.3 is 0 Å². The molecule has 1 saturated heterocycles. The zero-order valence-corrected chi connectivity index (χ0v) is 9.94. The van der Waals surface area contributed by atoms with Crippen LogP contribution in [0.4, 0.5) is 11.4 Å². The van der Waals surface area contributed by atoms with E-state index in [0.29, 0.717) is 6.04 Å². The molecule has 1 fully saturated rings. The fraction of sp³-hybridized carbons (Fsp3) is 0.500. The highest BCUT2D eigenvalue weighted by Gasteiger charge is 2.14. The Kier molecular flexibility index (Phi) is 3.41. The first kappa shape index (κ1) is 10.7. The molecule has 0 bridgehead atoms. The Labute approximate surface area is 95.6 Å². The van der Waals surface area contributed by atoms with E-state index in [1.807, 2.05) is 23.9 Å². The quantitative estimate of drug-likeness (QED) is 0.756. The Hall–Kier alpha value is -0.830. The minimum Gasteiger partial charge on any atom is -0.397 e. The van der Waals surface area contributed by atoms with E-state index in [0.717, 1.165) is 11.4 Å². The first-order valence-electron chi connectivity index (χ1n) is 5.47. The van der Waals surface area contributed by atoms with Crippen LogP contribution in [0, 0.1) is 6.92 Å².